The van der Waals surface area contributed by atoms with Crippen molar-refractivity contribution in [1.82, 2.24) is 0 Å². The van der Waals surface area contributed by atoms with Crippen molar-refractivity contribution >= 4 is 23.8 Å². The summed E-state index contributed by atoms with van der Waals surface area (Å²) in [5.41, 5.74) is -1.52. The lowest BCUT2D eigenvalue weighted by Gasteiger charge is -2.17. The molecule has 8 heteroatoms. The van der Waals surface area contributed by atoms with Gasteiger partial charge in [-0.25, -0.2) is 9.18 Å². The van der Waals surface area contributed by atoms with Crippen LogP contribution in [0.25, 0.3) is 0 Å². The van der Waals surface area contributed by atoms with Gasteiger partial charge in [-0.15, -0.1) is 0 Å². The van der Waals surface area contributed by atoms with E-state index < -0.39 is 29.2 Å². The number of hydrogen-bond donors (Lipinski definition) is 2. The van der Waals surface area contributed by atoms with Crippen LogP contribution in [0.2, 0.25) is 0 Å². The molecule has 0 aromatic heterocycles. The van der Waals surface area contributed by atoms with Crippen molar-refractivity contribution in [2.24, 2.45) is 0 Å². The molecule has 0 saturated heterocycles. The Morgan fingerprint density at radius 1 is 1.43 bits per heavy atom. The van der Waals surface area contributed by atoms with Gasteiger partial charge in [-0.2, -0.15) is 8.78 Å². The van der Waals surface area contributed by atoms with Crippen molar-refractivity contribution < 1.29 is 27.5 Å². The molecule has 0 spiro atoms. The molecule has 0 aliphatic carbocycles. The second-order valence-electron chi connectivity index (χ2n) is 4.04. The van der Waals surface area contributed by atoms with Gasteiger partial charge in [0.1, 0.15) is 5.82 Å². The lowest BCUT2D eigenvalue weighted by molar-refractivity contribution is -0.173. The van der Waals surface area contributed by atoms with Crippen molar-refractivity contribution in [3.8, 4) is 0 Å². The summed E-state index contributed by atoms with van der Waals surface area (Å²) in [6.07, 6.45) is 0.662. The molecule has 0 aliphatic heterocycles. The Bertz CT molecular complexity index is 588. The fraction of sp³-hybridized carbons (Fsp3) is 0.308. The van der Waals surface area contributed by atoms with Gasteiger partial charge in [-0.3, -0.25) is 4.79 Å². The van der Waals surface area contributed by atoms with Crippen LogP contribution in [0, 0.1) is 11.2 Å². The molecule has 0 heterocycles. The molecule has 2 N–H and O–H groups in total. The van der Waals surface area contributed by atoms with Crippen LogP contribution in [0.15, 0.2) is 12.1 Å². The lowest BCUT2D eigenvalue weighted by atomic mass is 10.0. The second kappa shape index (κ2) is 6.38. The molecule has 1 amide bonds. The van der Waals surface area contributed by atoms with Gasteiger partial charge in [0.25, 0.3) is 0 Å². The smallest absolute Gasteiger partial charge is 0.382 e. The van der Waals surface area contributed by atoms with E-state index in [1.54, 1.807) is 0 Å². The van der Waals surface area contributed by atoms with Gasteiger partial charge in [-0.05, 0) is 19.1 Å². The minimum atomic E-state index is -4.19. The van der Waals surface area contributed by atoms with Crippen molar-refractivity contribution in [3.63, 3.8) is 0 Å². The third kappa shape index (κ3) is 3.59. The summed E-state index contributed by atoms with van der Waals surface area (Å²) in [4.78, 5) is 22.2. The number of carbonyl (C=O) groups excluding carboxylic acids is 2. The first-order valence-electron chi connectivity index (χ1n) is 5.91. The van der Waals surface area contributed by atoms with Crippen LogP contribution in [0.4, 0.5) is 18.9 Å². The predicted molar refractivity (Wildman–Crippen MR) is 69.1 cm³/mol. The number of alkyl halides is 2. The second-order valence-corrected chi connectivity index (χ2v) is 4.04. The average Bonchev–Trinajstić information content (AvgIpc) is 2.38. The number of amides is 1. The zero-order valence-corrected chi connectivity index (χ0v) is 11.3. The minimum absolute atomic E-state index is 0.140. The maximum Gasteiger partial charge on any atom is 0.382 e. The number of ether oxygens (including phenoxy) is 1. The summed E-state index contributed by atoms with van der Waals surface area (Å²) in [5, 5.41) is 9.34. The molecule has 0 fully saturated rings. The highest BCUT2D eigenvalue weighted by Gasteiger charge is 2.45. The van der Waals surface area contributed by atoms with Crippen molar-refractivity contribution in [2.45, 2.75) is 19.8 Å². The molecule has 1 aromatic carbocycles. The summed E-state index contributed by atoms with van der Waals surface area (Å²) < 4.78 is 45.7. The van der Waals surface area contributed by atoms with Crippen LogP contribution in [0.1, 0.15) is 25.0 Å². The van der Waals surface area contributed by atoms with E-state index >= 15 is 0 Å². The SMILES string of the molecule is CCOC(=O)C(F)(F)c1cc(C=N)c(NC(C)=O)cc1F. The molecular weight excluding hydrogens is 289 g/mol. The number of halogens is 3. The van der Waals surface area contributed by atoms with Crippen molar-refractivity contribution in [2.75, 3.05) is 11.9 Å². The highest BCUT2D eigenvalue weighted by atomic mass is 19.3. The maximum atomic E-state index is 13.8. The molecule has 0 unspecified atom stereocenters. The van der Waals surface area contributed by atoms with Gasteiger partial charge < -0.3 is 15.5 Å². The number of rotatable bonds is 5. The van der Waals surface area contributed by atoms with Gasteiger partial charge in [0, 0.05) is 18.7 Å². The molecule has 0 aliphatic rings. The van der Waals surface area contributed by atoms with Gasteiger partial charge in [-0.1, -0.05) is 0 Å². The van der Waals surface area contributed by atoms with Crippen LogP contribution >= 0.6 is 0 Å². The van der Waals surface area contributed by atoms with Gasteiger partial charge in [0.05, 0.1) is 17.9 Å². The van der Waals surface area contributed by atoms with E-state index in [9.17, 15) is 22.8 Å². The molecule has 5 nitrogen and oxygen atoms in total. The molecule has 21 heavy (non-hydrogen) atoms. The first-order valence-corrected chi connectivity index (χ1v) is 5.91. The third-order valence-electron chi connectivity index (χ3n) is 2.48. The Hall–Kier alpha value is -2.38. The monoisotopic (exact) mass is 302 g/mol. The molecule has 1 rings (SSSR count). The van der Waals surface area contributed by atoms with Gasteiger partial charge in [0.2, 0.25) is 5.91 Å². The molecule has 0 radical (unpaired) electrons. The van der Waals surface area contributed by atoms with E-state index in [-0.39, 0.29) is 17.9 Å². The average molecular weight is 302 g/mol. The number of hydrogen-bond acceptors (Lipinski definition) is 4. The zero-order valence-electron chi connectivity index (χ0n) is 11.3. The molecule has 114 valence electrons. The van der Waals surface area contributed by atoms with Crippen LogP contribution < -0.4 is 5.32 Å². The van der Waals surface area contributed by atoms with Crippen LogP contribution in [0.5, 0.6) is 0 Å². The predicted octanol–water partition coefficient (Wildman–Crippen LogP) is 2.44. The quantitative estimate of drug-likeness (QED) is 0.647. The Morgan fingerprint density at radius 2 is 2.05 bits per heavy atom. The van der Waals surface area contributed by atoms with Crippen LogP contribution in [-0.2, 0) is 20.2 Å². The summed E-state index contributed by atoms with van der Waals surface area (Å²) >= 11 is 0. The van der Waals surface area contributed by atoms with Crippen LogP contribution in [0.3, 0.4) is 0 Å². The largest absolute Gasteiger partial charge is 0.461 e. The van der Waals surface area contributed by atoms with Gasteiger partial charge >= 0.3 is 11.9 Å². The Labute approximate surface area is 118 Å². The zero-order chi connectivity index (χ0) is 16.2. The van der Waals surface area contributed by atoms with E-state index in [0.29, 0.717) is 18.3 Å². The highest BCUT2D eigenvalue weighted by molar-refractivity contribution is 5.96. The van der Waals surface area contributed by atoms with Crippen molar-refractivity contribution in [3.05, 3.63) is 29.1 Å². The van der Waals surface area contributed by atoms with Crippen LogP contribution in [-0.4, -0.2) is 24.7 Å². The van der Waals surface area contributed by atoms with E-state index in [1.807, 2.05) is 0 Å². The Balaban J connectivity index is 3.35. The highest BCUT2D eigenvalue weighted by Crippen LogP contribution is 2.34. The van der Waals surface area contributed by atoms with Gasteiger partial charge in [0.15, 0.2) is 0 Å². The maximum absolute atomic E-state index is 13.8. The molecule has 0 atom stereocenters. The van der Waals surface area contributed by atoms with Crippen molar-refractivity contribution in [1.29, 1.82) is 5.41 Å². The van der Waals surface area contributed by atoms with E-state index in [1.165, 1.54) is 6.92 Å². The summed E-state index contributed by atoms with van der Waals surface area (Å²) in [5.74, 6) is -8.01. The standard InChI is InChI=1S/C13H13F3N2O3/c1-3-21-12(20)13(15,16)9-4-8(6-17)11(5-10(9)14)18-7(2)19/h4-6,17H,3H2,1-2H3,(H,18,19). The Morgan fingerprint density at radius 3 is 2.52 bits per heavy atom. The number of esters is 1. The summed E-state index contributed by atoms with van der Waals surface area (Å²) in [6, 6.07) is 1.26. The molecule has 1 aromatic rings. The number of anilines is 1. The fourth-order valence-electron chi connectivity index (χ4n) is 1.58. The Kier molecular flexibility index (Phi) is 5.07. The van der Waals surface area contributed by atoms with E-state index in [0.717, 1.165) is 6.92 Å². The normalized spacial score (nSPS) is 10.9. The first kappa shape index (κ1) is 16.7. The fourth-order valence-corrected chi connectivity index (χ4v) is 1.58. The number of benzene rings is 1. The topological polar surface area (TPSA) is 79.2 Å². The molecular formula is C13H13F3N2O3. The minimum Gasteiger partial charge on any atom is -0.461 e. The third-order valence-corrected chi connectivity index (χ3v) is 2.48. The number of nitrogens with one attached hydrogen (secondary N) is 2. The molecule has 0 saturated carbocycles. The summed E-state index contributed by atoms with van der Waals surface area (Å²) in [7, 11) is 0. The first-order chi connectivity index (χ1) is 9.73. The van der Waals surface area contributed by atoms with E-state index in [2.05, 4.69) is 10.1 Å². The lowest BCUT2D eigenvalue weighted by Crippen LogP contribution is -2.29. The molecule has 0 bridgehead atoms. The number of carbonyl (C=O) groups is 2. The van der Waals surface area contributed by atoms with E-state index in [4.69, 9.17) is 5.41 Å². The summed E-state index contributed by atoms with van der Waals surface area (Å²) in [6.45, 7) is 2.21.